The fourth-order valence-corrected chi connectivity index (χ4v) is 2.09. The summed E-state index contributed by atoms with van der Waals surface area (Å²) < 4.78 is 32.2. The standard InChI is InChI=1S/C17H15F2NO4/c1-17(15(21)22,12-8-5-9-13(18)14(12)19)20-16(23)24-10-11-6-3-2-4-7-11/h2-9H,10H2,1H3,(H,20,23)(H,21,22). The van der Waals surface area contributed by atoms with Crippen molar-refractivity contribution in [3.63, 3.8) is 0 Å². The molecule has 126 valence electrons. The minimum absolute atomic E-state index is 0.0893. The molecule has 1 atom stereocenters. The number of benzene rings is 2. The highest BCUT2D eigenvalue weighted by Gasteiger charge is 2.40. The van der Waals surface area contributed by atoms with E-state index in [-0.39, 0.29) is 6.61 Å². The molecule has 0 heterocycles. The van der Waals surface area contributed by atoms with E-state index in [0.717, 1.165) is 25.1 Å². The van der Waals surface area contributed by atoms with Gasteiger partial charge in [-0.15, -0.1) is 0 Å². The molecule has 2 aromatic rings. The maximum Gasteiger partial charge on any atom is 0.408 e. The Kier molecular flexibility index (Phi) is 5.13. The van der Waals surface area contributed by atoms with E-state index in [9.17, 15) is 23.5 Å². The van der Waals surface area contributed by atoms with Gasteiger partial charge in [0.15, 0.2) is 17.2 Å². The summed E-state index contributed by atoms with van der Waals surface area (Å²) in [5, 5.41) is 11.5. The maximum atomic E-state index is 13.9. The second-order valence-corrected chi connectivity index (χ2v) is 5.22. The SMILES string of the molecule is CC(NC(=O)OCc1ccccc1)(C(=O)O)c1cccc(F)c1F. The molecule has 1 unspecified atom stereocenters. The summed E-state index contributed by atoms with van der Waals surface area (Å²) in [7, 11) is 0. The van der Waals surface area contributed by atoms with E-state index in [4.69, 9.17) is 4.74 Å². The number of alkyl carbamates (subject to hydrolysis) is 1. The Labute approximate surface area is 136 Å². The molecule has 24 heavy (non-hydrogen) atoms. The van der Waals surface area contributed by atoms with Gasteiger partial charge >= 0.3 is 12.1 Å². The Hall–Kier alpha value is -2.96. The van der Waals surface area contributed by atoms with Crippen LogP contribution in [0.3, 0.4) is 0 Å². The molecule has 5 nitrogen and oxygen atoms in total. The van der Waals surface area contributed by atoms with Crippen LogP contribution < -0.4 is 5.32 Å². The molecule has 0 aliphatic heterocycles. The Morgan fingerprint density at radius 3 is 2.42 bits per heavy atom. The lowest BCUT2D eigenvalue weighted by Gasteiger charge is -2.26. The molecular formula is C17H15F2NO4. The van der Waals surface area contributed by atoms with Crippen LogP contribution in [0.15, 0.2) is 48.5 Å². The number of rotatable bonds is 5. The minimum Gasteiger partial charge on any atom is -0.479 e. The highest BCUT2D eigenvalue weighted by Crippen LogP contribution is 2.26. The first-order valence-electron chi connectivity index (χ1n) is 7.01. The molecule has 0 saturated carbocycles. The predicted molar refractivity (Wildman–Crippen MR) is 81.1 cm³/mol. The number of aliphatic carboxylic acids is 1. The average Bonchev–Trinajstić information content (AvgIpc) is 2.56. The molecule has 1 amide bonds. The Morgan fingerprint density at radius 2 is 1.79 bits per heavy atom. The van der Waals surface area contributed by atoms with Crippen LogP contribution in [0.1, 0.15) is 18.1 Å². The first-order valence-corrected chi connectivity index (χ1v) is 7.01. The molecule has 2 N–H and O–H groups in total. The highest BCUT2D eigenvalue weighted by molar-refractivity contribution is 5.85. The van der Waals surface area contributed by atoms with Crippen molar-refractivity contribution < 1.29 is 28.2 Å². The number of amides is 1. The van der Waals surface area contributed by atoms with Crippen molar-refractivity contribution >= 4 is 12.1 Å². The summed E-state index contributed by atoms with van der Waals surface area (Å²) in [6.45, 7) is 0.963. The summed E-state index contributed by atoms with van der Waals surface area (Å²) >= 11 is 0. The van der Waals surface area contributed by atoms with Gasteiger partial charge in [-0.1, -0.05) is 42.5 Å². The highest BCUT2D eigenvalue weighted by atomic mass is 19.2. The number of carbonyl (C=O) groups excluding carboxylic acids is 1. The molecule has 0 spiro atoms. The number of carboxylic acids is 1. The van der Waals surface area contributed by atoms with Crippen LogP contribution >= 0.6 is 0 Å². The van der Waals surface area contributed by atoms with Crippen LogP contribution in [0.5, 0.6) is 0 Å². The Balaban J connectivity index is 2.17. The van der Waals surface area contributed by atoms with Gasteiger partial charge in [0.1, 0.15) is 6.61 Å². The van der Waals surface area contributed by atoms with Crippen LogP contribution in [-0.4, -0.2) is 17.2 Å². The molecule has 0 fully saturated rings. The number of ether oxygens (including phenoxy) is 1. The Bertz CT molecular complexity index is 752. The van der Waals surface area contributed by atoms with Gasteiger partial charge in [0.25, 0.3) is 0 Å². The zero-order valence-electron chi connectivity index (χ0n) is 12.8. The van der Waals surface area contributed by atoms with Crippen molar-refractivity contribution in [2.45, 2.75) is 19.1 Å². The number of nitrogens with one attached hydrogen (secondary N) is 1. The van der Waals surface area contributed by atoms with E-state index in [2.05, 4.69) is 5.32 Å². The lowest BCUT2D eigenvalue weighted by atomic mass is 9.91. The number of carbonyl (C=O) groups is 2. The molecular weight excluding hydrogens is 320 g/mol. The summed E-state index contributed by atoms with van der Waals surface area (Å²) in [5.41, 5.74) is -1.99. The smallest absolute Gasteiger partial charge is 0.408 e. The van der Waals surface area contributed by atoms with E-state index >= 15 is 0 Å². The molecule has 0 bridgehead atoms. The summed E-state index contributed by atoms with van der Waals surface area (Å²) in [6, 6.07) is 11.8. The predicted octanol–water partition coefficient (Wildman–Crippen LogP) is 3.19. The van der Waals surface area contributed by atoms with Crippen LogP contribution in [0.2, 0.25) is 0 Å². The van der Waals surface area contributed by atoms with Gasteiger partial charge in [-0.05, 0) is 18.6 Å². The number of halogens is 2. The summed E-state index contributed by atoms with van der Waals surface area (Å²) in [5.74, 6) is -4.10. The summed E-state index contributed by atoms with van der Waals surface area (Å²) in [6.07, 6.45) is -1.06. The fraction of sp³-hybridized carbons (Fsp3) is 0.176. The van der Waals surface area contributed by atoms with E-state index < -0.39 is 34.8 Å². The summed E-state index contributed by atoms with van der Waals surface area (Å²) in [4.78, 5) is 23.4. The van der Waals surface area contributed by atoms with Gasteiger partial charge in [-0.2, -0.15) is 0 Å². The topological polar surface area (TPSA) is 75.6 Å². The van der Waals surface area contributed by atoms with E-state index in [1.807, 2.05) is 0 Å². The quantitative estimate of drug-likeness (QED) is 0.880. The molecule has 0 saturated heterocycles. The Morgan fingerprint density at radius 1 is 1.12 bits per heavy atom. The number of hydrogen-bond donors (Lipinski definition) is 2. The van der Waals surface area contributed by atoms with Gasteiger partial charge in [0, 0.05) is 5.56 Å². The van der Waals surface area contributed by atoms with Gasteiger partial charge in [0.05, 0.1) is 0 Å². The molecule has 7 heteroatoms. The van der Waals surface area contributed by atoms with Crippen LogP contribution in [0.4, 0.5) is 13.6 Å². The van der Waals surface area contributed by atoms with Crippen LogP contribution in [0.25, 0.3) is 0 Å². The molecule has 2 rings (SSSR count). The van der Waals surface area contributed by atoms with E-state index in [1.54, 1.807) is 30.3 Å². The maximum absolute atomic E-state index is 13.9. The number of carboxylic acid groups (broad SMARTS) is 1. The van der Waals surface area contributed by atoms with Crippen molar-refractivity contribution in [1.29, 1.82) is 0 Å². The van der Waals surface area contributed by atoms with Crippen LogP contribution in [-0.2, 0) is 21.7 Å². The van der Waals surface area contributed by atoms with Crippen molar-refractivity contribution in [3.05, 3.63) is 71.3 Å². The van der Waals surface area contributed by atoms with Crippen molar-refractivity contribution in [3.8, 4) is 0 Å². The third-order valence-corrected chi connectivity index (χ3v) is 3.48. The molecule has 0 radical (unpaired) electrons. The monoisotopic (exact) mass is 335 g/mol. The lowest BCUT2D eigenvalue weighted by molar-refractivity contribution is -0.144. The van der Waals surface area contributed by atoms with Gasteiger partial charge < -0.3 is 15.2 Å². The van der Waals surface area contributed by atoms with Crippen molar-refractivity contribution in [2.75, 3.05) is 0 Å². The molecule has 0 aliphatic rings. The molecule has 0 aromatic heterocycles. The second kappa shape index (κ2) is 7.08. The van der Waals surface area contributed by atoms with Gasteiger partial charge in [0.2, 0.25) is 0 Å². The first-order chi connectivity index (χ1) is 11.3. The molecule has 2 aromatic carbocycles. The zero-order valence-corrected chi connectivity index (χ0v) is 12.8. The van der Waals surface area contributed by atoms with E-state index in [0.29, 0.717) is 5.56 Å². The normalized spacial score (nSPS) is 13.0. The van der Waals surface area contributed by atoms with Crippen molar-refractivity contribution in [2.24, 2.45) is 0 Å². The minimum atomic E-state index is -2.18. The first kappa shape index (κ1) is 17.4. The number of hydrogen-bond acceptors (Lipinski definition) is 3. The van der Waals surface area contributed by atoms with E-state index in [1.165, 1.54) is 0 Å². The second-order valence-electron chi connectivity index (χ2n) is 5.22. The lowest BCUT2D eigenvalue weighted by Crippen LogP contribution is -2.50. The zero-order chi connectivity index (χ0) is 17.7. The third-order valence-electron chi connectivity index (χ3n) is 3.48. The van der Waals surface area contributed by atoms with Crippen molar-refractivity contribution in [1.82, 2.24) is 5.32 Å². The van der Waals surface area contributed by atoms with Gasteiger partial charge in [-0.3, -0.25) is 0 Å². The third kappa shape index (κ3) is 3.68. The average molecular weight is 335 g/mol. The molecule has 0 aliphatic carbocycles. The largest absolute Gasteiger partial charge is 0.479 e. The fourth-order valence-electron chi connectivity index (χ4n) is 2.09. The van der Waals surface area contributed by atoms with Crippen LogP contribution in [0, 0.1) is 11.6 Å². The van der Waals surface area contributed by atoms with Gasteiger partial charge in [-0.25, -0.2) is 18.4 Å².